The number of hydrogen-bond donors (Lipinski definition) is 0. The van der Waals surface area contributed by atoms with Gasteiger partial charge in [-0.2, -0.15) is 0 Å². The van der Waals surface area contributed by atoms with E-state index in [-0.39, 0.29) is 17.3 Å². The van der Waals surface area contributed by atoms with Crippen LogP contribution in [0, 0.1) is 11.2 Å². The highest BCUT2D eigenvalue weighted by atomic mass is 19.1. The Morgan fingerprint density at radius 3 is 2.62 bits per heavy atom. The van der Waals surface area contributed by atoms with Gasteiger partial charge in [-0.1, -0.05) is 30.3 Å². The third-order valence-electron chi connectivity index (χ3n) is 6.97. The number of hydrogen-bond acceptors (Lipinski definition) is 6. The first-order valence-electron chi connectivity index (χ1n) is 12.7. The van der Waals surface area contributed by atoms with Gasteiger partial charge in [0.15, 0.2) is 11.6 Å². The van der Waals surface area contributed by atoms with E-state index in [1.807, 2.05) is 56.0 Å². The van der Waals surface area contributed by atoms with Crippen LogP contribution in [0.25, 0.3) is 0 Å². The predicted octanol–water partition coefficient (Wildman–Crippen LogP) is 5.84. The van der Waals surface area contributed by atoms with Gasteiger partial charge in [0.2, 0.25) is 0 Å². The Morgan fingerprint density at radius 2 is 1.84 bits per heavy atom. The van der Waals surface area contributed by atoms with Gasteiger partial charge in [0.1, 0.15) is 23.5 Å². The Balaban J connectivity index is 1.32. The van der Waals surface area contributed by atoms with Crippen LogP contribution in [-0.4, -0.2) is 52.7 Å². The molecule has 1 atom stereocenters. The van der Waals surface area contributed by atoms with Crippen molar-refractivity contribution in [3.63, 3.8) is 0 Å². The van der Waals surface area contributed by atoms with Crippen molar-refractivity contribution in [3.8, 4) is 11.5 Å². The number of amides is 1. The maximum atomic E-state index is 14.1. The van der Waals surface area contributed by atoms with Crippen molar-refractivity contribution in [2.24, 2.45) is 5.41 Å². The number of aromatic nitrogens is 2. The molecule has 3 heterocycles. The van der Waals surface area contributed by atoms with E-state index < -0.39 is 5.60 Å². The molecule has 0 bridgehead atoms. The summed E-state index contributed by atoms with van der Waals surface area (Å²) in [6, 6.07) is 14.5. The minimum Gasteiger partial charge on any atom is -0.452 e. The van der Waals surface area contributed by atoms with Crippen LogP contribution >= 0.6 is 0 Å². The molecule has 2 aromatic carbocycles. The molecule has 0 radical (unpaired) electrons. The van der Waals surface area contributed by atoms with Gasteiger partial charge in [-0.15, -0.1) is 0 Å². The average molecular weight is 505 g/mol. The highest BCUT2D eigenvalue weighted by Crippen LogP contribution is 2.43. The van der Waals surface area contributed by atoms with E-state index in [0.717, 1.165) is 37.1 Å². The zero-order valence-corrected chi connectivity index (χ0v) is 21.6. The Morgan fingerprint density at radius 1 is 1.05 bits per heavy atom. The largest absolute Gasteiger partial charge is 0.452 e. The summed E-state index contributed by atoms with van der Waals surface area (Å²) in [5.74, 6) is 1.51. The van der Waals surface area contributed by atoms with E-state index in [0.29, 0.717) is 36.8 Å². The van der Waals surface area contributed by atoms with Gasteiger partial charge in [0.05, 0.1) is 6.20 Å². The number of likely N-dealkylation sites (tertiary alicyclic amines) is 1. The molecule has 7 nitrogen and oxygen atoms in total. The predicted molar refractivity (Wildman–Crippen MR) is 139 cm³/mol. The Labute approximate surface area is 217 Å². The van der Waals surface area contributed by atoms with Crippen molar-refractivity contribution in [1.29, 1.82) is 0 Å². The Kier molecular flexibility index (Phi) is 6.75. The third-order valence-corrected chi connectivity index (χ3v) is 6.97. The van der Waals surface area contributed by atoms with Crippen LogP contribution in [0.3, 0.4) is 0 Å². The summed E-state index contributed by atoms with van der Waals surface area (Å²) in [7, 11) is 0. The van der Waals surface area contributed by atoms with Crippen LogP contribution in [-0.2, 0) is 11.2 Å². The summed E-state index contributed by atoms with van der Waals surface area (Å²) >= 11 is 0. The van der Waals surface area contributed by atoms with Gasteiger partial charge in [-0.25, -0.2) is 19.2 Å². The number of carbonyl (C=O) groups excluding carboxylic acids is 1. The Bertz CT molecular complexity index is 1260. The van der Waals surface area contributed by atoms with Crippen molar-refractivity contribution in [2.45, 2.75) is 45.6 Å². The standard InChI is InChI=1S/C29H33FN4O3/c1-28(2,3)37-27(35)34-14-12-29(19-34)11-13-33(18-29)26-25(17-31-20-32-26)36-24-10-9-23(30)16-22(24)15-21-7-5-4-6-8-21/h4-10,16-17,20H,11-15,18-19H2,1-3H3. The molecule has 37 heavy (non-hydrogen) atoms. The number of benzene rings is 2. The molecule has 2 aliphatic heterocycles. The molecule has 1 amide bonds. The molecule has 1 aromatic heterocycles. The van der Waals surface area contributed by atoms with E-state index in [2.05, 4.69) is 14.9 Å². The molecule has 3 aromatic rings. The van der Waals surface area contributed by atoms with Crippen molar-refractivity contribution >= 4 is 11.9 Å². The van der Waals surface area contributed by atoms with E-state index in [1.54, 1.807) is 12.3 Å². The molecule has 1 spiro atoms. The first-order valence-corrected chi connectivity index (χ1v) is 12.7. The first kappa shape index (κ1) is 25.0. The third kappa shape index (κ3) is 5.84. The van der Waals surface area contributed by atoms with Gasteiger partial charge < -0.3 is 19.3 Å². The molecule has 5 rings (SSSR count). The highest BCUT2D eigenvalue weighted by Gasteiger charge is 2.46. The number of carbonyl (C=O) groups is 1. The lowest BCUT2D eigenvalue weighted by molar-refractivity contribution is 0.0276. The molecule has 8 heteroatoms. The smallest absolute Gasteiger partial charge is 0.410 e. The number of rotatable bonds is 5. The molecular formula is C29H33FN4O3. The van der Waals surface area contributed by atoms with Gasteiger partial charge in [0, 0.05) is 43.6 Å². The number of halogens is 1. The van der Waals surface area contributed by atoms with E-state index in [9.17, 15) is 9.18 Å². The number of nitrogens with zero attached hydrogens (tertiary/aromatic N) is 4. The van der Waals surface area contributed by atoms with Gasteiger partial charge in [-0.05, 0) is 57.4 Å². The maximum absolute atomic E-state index is 14.1. The summed E-state index contributed by atoms with van der Waals surface area (Å²) in [6.45, 7) is 8.58. The maximum Gasteiger partial charge on any atom is 0.410 e. The second-order valence-corrected chi connectivity index (χ2v) is 11.1. The Hall–Kier alpha value is -3.68. The molecule has 2 aliphatic rings. The minimum atomic E-state index is -0.512. The van der Waals surface area contributed by atoms with Crippen LogP contribution in [0.5, 0.6) is 11.5 Å². The van der Waals surface area contributed by atoms with Crippen molar-refractivity contribution < 1.29 is 18.7 Å². The molecule has 1 unspecified atom stereocenters. The topological polar surface area (TPSA) is 67.8 Å². The lowest BCUT2D eigenvalue weighted by Crippen LogP contribution is -2.37. The zero-order valence-electron chi connectivity index (χ0n) is 21.6. The molecule has 2 saturated heterocycles. The quantitative estimate of drug-likeness (QED) is 0.435. The van der Waals surface area contributed by atoms with Crippen molar-refractivity contribution in [3.05, 3.63) is 78.0 Å². The second kappa shape index (κ2) is 10.00. The second-order valence-electron chi connectivity index (χ2n) is 11.1. The fourth-order valence-electron chi connectivity index (χ4n) is 5.21. The SMILES string of the molecule is CC(C)(C)OC(=O)N1CCC2(CCN(c3ncncc3Oc3ccc(F)cc3Cc3ccccc3)C2)C1. The molecule has 0 aliphatic carbocycles. The normalized spacial score (nSPS) is 19.5. The lowest BCUT2D eigenvalue weighted by atomic mass is 9.86. The summed E-state index contributed by atoms with van der Waals surface area (Å²) in [5, 5.41) is 0. The summed E-state index contributed by atoms with van der Waals surface area (Å²) in [5.41, 5.74) is 1.30. The first-order chi connectivity index (χ1) is 17.7. The van der Waals surface area contributed by atoms with Gasteiger partial charge >= 0.3 is 6.09 Å². The summed E-state index contributed by atoms with van der Waals surface area (Å²) in [4.78, 5) is 25.4. The van der Waals surface area contributed by atoms with Crippen LogP contribution < -0.4 is 9.64 Å². The van der Waals surface area contributed by atoms with Gasteiger partial charge in [-0.3, -0.25) is 0 Å². The zero-order chi connectivity index (χ0) is 26.0. The van der Waals surface area contributed by atoms with E-state index in [1.165, 1.54) is 18.5 Å². The summed E-state index contributed by atoms with van der Waals surface area (Å²) in [6.07, 6.45) is 5.34. The van der Waals surface area contributed by atoms with E-state index in [4.69, 9.17) is 9.47 Å². The lowest BCUT2D eigenvalue weighted by Gasteiger charge is -2.27. The monoisotopic (exact) mass is 504 g/mol. The molecule has 194 valence electrons. The summed E-state index contributed by atoms with van der Waals surface area (Å²) < 4.78 is 26.1. The van der Waals surface area contributed by atoms with Crippen LogP contribution in [0.1, 0.15) is 44.7 Å². The van der Waals surface area contributed by atoms with Gasteiger partial charge in [0.25, 0.3) is 0 Å². The average Bonchev–Trinajstić information content (AvgIpc) is 3.47. The van der Waals surface area contributed by atoms with Crippen LogP contribution in [0.15, 0.2) is 61.1 Å². The molecule has 2 fully saturated rings. The minimum absolute atomic E-state index is 0.00648. The fourth-order valence-corrected chi connectivity index (χ4v) is 5.21. The molecule has 0 saturated carbocycles. The van der Waals surface area contributed by atoms with Crippen molar-refractivity contribution in [1.82, 2.24) is 14.9 Å². The molecule has 0 N–H and O–H groups in total. The van der Waals surface area contributed by atoms with Crippen molar-refractivity contribution in [2.75, 3.05) is 31.1 Å². The van der Waals surface area contributed by atoms with Crippen LogP contribution in [0.4, 0.5) is 15.0 Å². The highest BCUT2D eigenvalue weighted by molar-refractivity contribution is 5.68. The van der Waals surface area contributed by atoms with Crippen LogP contribution in [0.2, 0.25) is 0 Å². The fraction of sp³-hybridized carbons (Fsp3) is 0.414. The molecular weight excluding hydrogens is 471 g/mol. The number of anilines is 1. The van der Waals surface area contributed by atoms with E-state index >= 15 is 0 Å². The number of ether oxygens (including phenoxy) is 2.